The average Bonchev–Trinajstić information content (AvgIpc) is 1.95. The highest BCUT2D eigenvalue weighted by Gasteiger charge is 2.36. The van der Waals surface area contributed by atoms with Crippen molar-refractivity contribution in [3.05, 3.63) is 32.1 Å². The van der Waals surface area contributed by atoms with Crippen molar-refractivity contribution in [1.82, 2.24) is 0 Å². The van der Waals surface area contributed by atoms with Gasteiger partial charge in [0.1, 0.15) is 5.82 Å². The molecule has 0 spiro atoms. The summed E-state index contributed by atoms with van der Waals surface area (Å²) in [6.45, 7) is 0. The summed E-state index contributed by atoms with van der Waals surface area (Å²) in [6, 6.07) is 1.93. The van der Waals surface area contributed by atoms with E-state index in [0.717, 1.165) is 12.1 Å². The minimum Gasteiger partial charge on any atom is -0.205 e. The van der Waals surface area contributed by atoms with E-state index in [1.54, 1.807) is 0 Å². The summed E-state index contributed by atoms with van der Waals surface area (Å²) in [5.74, 6) is -1.06. The van der Waals surface area contributed by atoms with Crippen molar-refractivity contribution >= 4 is 34.2 Å². The quantitative estimate of drug-likeness (QED) is 0.383. The molecule has 0 fully saturated rings. The Morgan fingerprint density at radius 3 is 2.15 bits per heavy atom. The molecule has 0 aliphatic rings. The van der Waals surface area contributed by atoms with Gasteiger partial charge in [-0.15, -0.1) is 0 Å². The Hall–Kier alpha value is -0.0400. The molecule has 0 N–H and O–H groups in total. The van der Waals surface area contributed by atoms with Crippen molar-refractivity contribution in [2.24, 2.45) is 0 Å². The molecular weight excluding hydrogens is 322 g/mol. The molecule has 1 aromatic rings. The molecule has 0 bridgehead atoms. The molecule has 0 nitrogen and oxygen atoms in total. The topological polar surface area (TPSA) is 0 Å². The third kappa shape index (κ3) is 2.25. The van der Waals surface area contributed by atoms with Gasteiger partial charge in [-0.25, -0.2) is 4.39 Å². The predicted octanol–water partition coefficient (Wildman–Crippen LogP) is 4.10. The molecule has 0 aliphatic heterocycles. The highest BCUT2D eigenvalue weighted by molar-refractivity contribution is 14.1. The number of benzene rings is 1. The summed E-state index contributed by atoms with van der Waals surface area (Å²) in [6.07, 6.45) is -4.62. The van der Waals surface area contributed by atoms with Crippen LogP contribution in [0.5, 0.6) is 0 Å². The van der Waals surface area contributed by atoms with Crippen molar-refractivity contribution < 1.29 is 17.6 Å². The van der Waals surface area contributed by atoms with Crippen molar-refractivity contribution in [3.63, 3.8) is 0 Å². The fourth-order valence-electron chi connectivity index (χ4n) is 0.787. The molecule has 0 aromatic heterocycles. The van der Waals surface area contributed by atoms with Gasteiger partial charge < -0.3 is 0 Å². The van der Waals surface area contributed by atoms with E-state index in [1.165, 1.54) is 22.6 Å². The second kappa shape index (κ2) is 3.61. The van der Waals surface area contributed by atoms with E-state index >= 15 is 0 Å². The van der Waals surface area contributed by atoms with E-state index in [-0.39, 0.29) is 3.57 Å². The molecule has 0 saturated heterocycles. The Kier molecular flexibility index (Phi) is 3.06. The monoisotopic (exact) mass is 324 g/mol. The maximum absolute atomic E-state index is 12.7. The van der Waals surface area contributed by atoms with E-state index in [1.807, 2.05) is 0 Å². The number of halogens is 6. The molecule has 13 heavy (non-hydrogen) atoms. The minimum atomic E-state index is -4.62. The van der Waals surface area contributed by atoms with Crippen LogP contribution in [0.4, 0.5) is 17.6 Å². The standard InChI is InChI=1S/C7H2ClF4I/c8-6-3(9)1-2-4(13)5(6)7(10,11)12/h1-2H. The van der Waals surface area contributed by atoms with Gasteiger partial charge in [0.05, 0.1) is 10.6 Å². The van der Waals surface area contributed by atoms with Crippen LogP contribution in [-0.4, -0.2) is 0 Å². The van der Waals surface area contributed by atoms with Gasteiger partial charge in [-0.1, -0.05) is 11.6 Å². The first-order valence-electron chi connectivity index (χ1n) is 3.04. The lowest BCUT2D eigenvalue weighted by Crippen LogP contribution is -2.09. The van der Waals surface area contributed by atoms with Gasteiger partial charge >= 0.3 is 6.18 Å². The number of hydrogen-bond donors (Lipinski definition) is 0. The Morgan fingerprint density at radius 1 is 1.23 bits per heavy atom. The molecule has 0 saturated carbocycles. The first-order valence-corrected chi connectivity index (χ1v) is 4.50. The zero-order valence-electron chi connectivity index (χ0n) is 5.92. The van der Waals surface area contributed by atoms with Crippen molar-refractivity contribution in [3.8, 4) is 0 Å². The van der Waals surface area contributed by atoms with Crippen LogP contribution in [0.2, 0.25) is 5.02 Å². The zero-order chi connectivity index (χ0) is 10.2. The second-order valence-electron chi connectivity index (χ2n) is 2.22. The van der Waals surface area contributed by atoms with Crippen molar-refractivity contribution in [2.75, 3.05) is 0 Å². The van der Waals surface area contributed by atoms with Crippen LogP contribution < -0.4 is 0 Å². The summed E-state index contributed by atoms with van der Waals surface area (Å²) in [5, 5.41) is -0.876. The second-order valence-corrected chi connectivity index (χ2v) is 3.76. The molecule has 6 heteroatoms. The van der Waals surface area contributed by atoms with Gasteiger partial charge in [0, 0.05) is 3.57 Å². The first-order chi connectivity index (χ1) is 5.84. The summed E-state index contributed by atoms with van der Waals surface area (Å²) in [7, 11) is 0. The maximum Gasteiger partial charge on any atom is 0.418 e. The zero-order valence-corrected chi connectivity index (χ0v) is 8.84. The molecule has 0 amide bonds. The molecule has 72 valence electrons. The average molecular weight is 324 g/mol. The molecule has 1 aromatic carbocycles. The summed E-state index contributed by atoms with van der Waals surface area (Å²) < 4.78 is 49.2. The van der Waals surface area contributed by atoms with Crippen molar-refractivity contribution in [1.29, 1.82) is 0 Å². The summed E-state index contributed by atoms with van der Waals surface area (Å²) >= 11 is 6.64. The minimum absolute atomic E-state index is 0.114. The molecule has 0 unspecified atom stereocenters. The molecule has 1 rings (SSSR count). The van der Waals surface area contributed by atoms with Crippen LogP contribution in [-0.2, 0) is 6.18 Å². The number of alkyl halides is 3. The van der Waals surface area contributed by atoms with E-state index in [4.69, 9.17) is 11.6 Å². The smallest absolute Gasteiger partial charge is 0.205 e. The highest BCUT2D eigenvalue weighted by Crippen LogP contribution is 2.38. The van der Waals surface area contributed by atoms with E-state index in [0.29, 0.717) is 0 Å². The lowest BCUT2D eigenvalue weighted by Gasteiger charge is -2.10. The van der Waals surface area contributed by atoms with Gasteiger partial charge in [-0.3, -0.25) is 0 Å². The van der Waals surface area contributed by atoms with E-state index in [9.17, 15) is 17.6 Å². The van der Waals surface area contributed by atoms with Gasteiger partial charge in [-0.05, 0) is 34.7 Å². The number of rotatable bonds is 0. The molecule has 0 heterocycles. The first kappa shape index (κ1) is 11.0. The largest absolute Gasteiger partial charge is 0.418 e. The Labute approximate surface area is 90.0 Å². The third-order valence-electron chi connectivity index (χ3n) is 1.33. The predicted molar refractivity (Wildman–Crippen MR) is 49.1 cm³/mol. The normalized spacial score (nSPS) is 11.8. The van der Waals surface area contributed by atoms with Crippen LogP contribution in [0.3, 0.4) is 0 Å². The van der Waals surface area contributed by atoms with Crippen molar-refractivity contribution in [2.45, 2.75) is 6.18 Å². The van der Waals surface area contributed by atoms with Crippen LogP contribution >= 0.6 is 34.2 Å². The fourth-order valence-corrected chi connectivity index (χ4v) is 1.97. The Balaban J connectivity index is 3.43. The molecular formula is C7H2ClF4I. The molecule has 0 atom stereocenters. The van der Waals surface area contributed by atoms with E-state index < -0.39 is 22.6 Å². The lowest BCUT2D eigenvalue weighted by atomic mass is 10.2. The fraction of sp³-hybridized carbons (Fsp3) is 0.143. The lowest BCUT2D eigenvalue weighted by molar-refractivity contribution is -0.138. The highest BCUT2D eigenvalue weighted by atomic mass is 127. The Bertz CT molecular complexity index is 334. The van der Waals surface area contributed by atoms with Gasteiger partial charge in [0.25, 0.3) is 0 Å². The third-order valence-corrected chi connectivity index (χ3v) is 2.60. The van der Waals surface area contributed by atoms with Gasteiger partial charge in [0.2, 0.25) is 0 Å². The van der Waals surface area contributed by atoms with Crippen LogP contribution in [0.25, 0.3) is 0 Å². The number of hydrogen-bond acceptors (Lipinski definition) is 0. The summed E-state index contributed by atoms with van der Waals surface area (Å²) in [5.41, 5.74) is -1.12. The van der Waals surface area contributed by atoms with Gasteiger partial charge in [0.15, 0.2) is 0 Å². The van der Waals surface area contributed by atoms with E-state index in [2.05, 4.69) is 0 Å². The van der Waals surface area contributed by atoms with Crippen LogP contribution in [0.1, 0.15) is 5.56 Å². The SMILES string of the molecule is Fc1ccc(I)c(C(F)(F)F)c1Cl. The van der Waals surface area contributed by atoms with Gasteiger partial charge in [-0.2, -0.15) is 13.2 Å². The van der Waals surface area contributed by atoms with Crippen LogP contribution in [0.15, 0.2) is 12.1 Å². The Morgan fingerprint density at radius 2 is 1.77 bits per heavy atom. The summed E-state index contributed by atoms with van der Waals surface area (Å²) in [4.78, 5) is 0. The molecule has 0 aliphatic carbocycles. The molecule has 0 radical (unpaired) electrons. The maximum atomic E-state index is 12.7. The van der Waals surface area contributed by atoms with Crippen LogP contribution in [0, 0.1) is 9.39 Å².